The van der Waals surface area contributed by atoms with E-state index >= 15 is 0 Å². The second kappa shape index (κ2) is 49.3. The summed E-state index contributed by atoms with van der Waals surface area (Å²) in [5.41, 5.74) is 0. The highest BCUT2D eigenvalue weighted by Crippen LogP contribution is 2.16. The highest BCUT2D eigenvalue weighted by atomic mass is 16.3. The van der Waals surface area contributed by atoms with Gasteiger partial charge in [0.05, 0.1) is 18.8 Å². The first-order valence-corrected chi connectivity index (χ1v) is 26.5. The average molecular weight is 858 g/mol. The number of rotatable bonds is 48. The normalized spacial score (nSPS) is 14.3. The van der Waals surface area contributed by atoms with Crippen molar-refractivity contribution in [3.63, 3.8) is 0 Å². The number of hydrogen-bond donors (Lipinski definition) is 5. The van der Waals surface area contributed by atoms with E-state index in [0.29, 0.717) is 19.3 Å². The number of unbranched alkanes of at least 4 members (excludes halogenated alkanes) is 31. The molecule has 0 heterocycles. The number of nitrogens with one attached hydrogen (secondary N) is 1. The van der Waals surface area contributed by atoms with E-state index < -0.39 is 36.9 Å². The zero-order valence-electron chi connectivity index (χ0n) is 40.4. The van der Waals surface area contributed by atoms with Crippen molar-refractivity contribution in [1.29, 1.82) is 0 Å². The Morgan fingerprint density at radius 2 is 0.738 bits per heavy atom. The molecule has 0 radical (unpaired) electrons. The van der Waals surface area contributed by atoms with Gasteiger partial charge in [-0.25, -0.2) is 0 Å². The molecule has 4 atom stereocenters. The van der Waals surface area contributed by atoms with Crippen molar-refractivity contribution in [2.24, 2.45) is 0 Å². The number of hydrogen-bond acceptors (Lipinski definition) is 5. The first-order chi connectivity index (χ1) is 30.0. The van der Waals surface area contributed by atoms with Crippen LogP contribution in [0.1, 0.15) is 264 Å². The number of allylic oxidation sites excluding steroid dienone is 8. The third-order valence-corrected chi connectivity index (χ3v) is 12.2. The molecule has 0 aromatic rings. The van der Waals surface area contributed by atoms with E-state index in [2.05, 4.69) is 67.8 Å². The third kappa shape index (κ3) is 43.3. The fraction of sp³-hybridized carbons (Fsp3) is 0.836. The van der Waals surface area contributed by atoms with Crippen LogP contribution in [0.15, 0.2) is 48.6 Å². The second-order valence-corrected chi connectivity index (χ2v) is 18.2. The van der Waals surface area contributed by atoms with Crippen molar-refractivity contribution in [2.45, 2.75) is 289 Å². The summed E-state index contributed by atoms with van der Waals surface area (Å²) >= 11 is 0. The van der Waals surface area contributed by atoms with Gasteiger partial charge in [0.25, 0.3) is 0 Å². The molecule has 0 saturated heterocycles. The van der Waals surface area contributed by atoms with Crippen molar-refractivity contribution >= 4 is 5.91 Å². The van der Waals surface area contributed by atoms with E-state index in [1.54, 1.807) is 0 Å². The lowest BCUT2D eigenvalue weighted by Gasteiger charge is -2.27. The molecule has 6 nitrogen and oxygen atoms in total. The van der Waals surface area contributed by atoms with Crippen molar-refractivity contribution in [1.82, 2.24) is 5.32 Å². The highest BCUT2D eigenvalue weighted by molar-refractivity contribution is 5.80. The largest absolute Gasteiger partial charge is 0.394 e. The second-order valence-electron chi connectivity index (χ2n) is 18.2. The Morgan fingerprint density at radius 3 is 1.13 bits per heavy atom. The van der Waals surface area contributed by atoms with E-state index in [4.69, 9.17) is 0 Å². The Morgan fingerprint density at radius 1 is 0.410 bits per heavy atom. The number of carbonyl (C=O) groups excluding carboxylic acids is 1. The van der Waals surface area contributed by atoms with Crippen molar-refractivity contribution in [3.05, 3.63) is 48.6 Å². The fourth-order valence-electron chi connectivity index (χ4n) is 8.04. The number of aliphatic hydroxyl groups is 4. The minimum absolute atomic E-state index is 0.347. The summed E-state index contributed by atoms with van der Waals surface area (Å²) in [6.45, 7) is 4.05. The van der Waals surface area contributed by atoms with Crippen LogP contribution in [0.3, 0.4) is 0 Å². The summed E-state index contributed by atoms with van der Waals surface area (Å²) in [7, 11) is 0. The molecule has 4 unspecified atom stereocenters. The molecule has 0 fully saturated rings. The third-order valence-electron chi connectivity index (χ3n) is 12.2. The number of aliphatic hydroxyl groups excluding tert-OH is 4. The monoisotopic (exact) mass is 858 g/mol. The van der Waals surface area contributed by atoms with E-state index in [9.17, 15) is 25.2 Å². The predicted molar refractivity (Wildman–Crippen MR) is 265 cm³/mol. The minimum atomic E-state index is -1.30. The standard InChI is InChI=1S/C55H103NO5/c1-3-5-7-9-11-13-15-17-19-21-23-25-27-29-30-32-34-36-38-40-42-44-46-48-52(58)54(60)51(50-57)56-55(61)53(59)49-47-45-43-41-39-37-35-33-31-28-26-24-22-20-18-16-14-12-10-8-6-4-2/h24,26,31-34,40,42,51-54,57-60H,3-23,25,27-30,35-39,41,43-50H2,1-2H3,(H,56,61)/b26-24-,33-31-,34-32+,42-40+. The van der Waals surface area contributed by atoms with Gasteiger partial charge in [0.1, 0.15) is 12.2 Å². The van der Waals surface area contributed by atoms with Crippen molar-refractivity contribution < 1.29 is 25.2 Å². The highest BCUT2D eigenvalue weighted by Gasteiger charge is 2.28. The van der Waals surface area contributed by atoms with Crippen LogP contribution in [0.2, 0.25) is 0 Å². The fourth-order valence-corrected chi connectivity index (χ4v) is 8.04. The molecule has 0 bridgehead atoms. The van der Waals surface area contributed by atoms with Crippen LogP contribution in [-0.2, 0) is 4.79 Å². The van der Waals surface area contributed by atoms with Gasteiger partial charge in [-0.15, -0.1) is 0 Å². The molecular weight excluding hydrogens is 755 g/mol. The summed E-state index contributed by atoms with van der Waals surface area (Å²) < 4.78 is 0. The zero-order chi connectivity index (χ0) is 44.5. The molecule has 358 valence electrons. The Labute approximate surface area is 379 Å². The van der Waals surface area contributed by atoms with Gasteiger partial charge in [0.15, 0.2) is 0 Å². The van der Waals surface area contributed by atoms with Crippen LogP contribution in [0, 0.1) is 0 Å². The number of carbonyl (C=O) groups is 1. The molecule has 0 aliphatic heterocycles. The lowest BCUT2D eigenvalue weighted by atomic mass is 10.00. The lowest BCUT2D eigenvalue weighted by Crippen LogP contribution is -2.53. The Kier molecular flexibility index (Phi) is 47.9. The van der Waals surface area contributed by atoms with Gasteiger partial charge in [0.2, 0.25) is 5.91 Å². The van der Waals surface area contributed by atoms with E-state index in [0.717, 1.165) is 57.8 Å². The first-order valence-electron chi connectivity index (χ1n) is 26.5. The smallest absolute Gasteiger partial charge is 0.249 e. The van der Waals surface area contributed by atoms with Crippen molar-refractivity contribution in [3.8, 4) is 0 Å². The first kappa shape index (κ1) is 59.3. The van der Waals surface area contributed by atoms with Gasteiger partial charge < -0.3 is 25.7 Å². The zero-order valence-corrected chi connectivity index (χ0v) is 40.4. The maximum Gasteiger partial charge on any atom is 0.249 e. The van der Waals surface area contributed by atoms with Gasteiger partial charge in [-0.05, 0) is 83.5 Å². The van der Waals surface area contributed by atoms with E-state index in [1.165, 1.54) is 173 Å². The topological polar surface area (TPSA) is 110 Å². The Hall–Kier alpha value is -1.73. The molecular formula is C55H103NO5. The summed E-state index contributed by atoms with van der Waals surface area (Å²) in [5, 5.41) is 43.9. The van der Waals surface area contributed by atoms with Crippen LogP contribution in [0.4, 0.5) is 0 Å². The minimum Gasteiger partial charge on any atom is -0.394 e. The van der Waals surface area contributed by atoms with Crippen LogP contribution >= 0.6 is 0 Å². The van der Waals surface area contributed by atoms with E-state index in [1.807, 2.05) is 0 Å². The lowest BCUT2D eigenvalue weighted by molar-refractivity contribution is -0.132. The molecule has 0 aliphatic carbocycles. The van der Waals surface area contributed by atoms with Gasteiger partial charge in [-0.3, -0.25) is 4.79 Å². The Bertz CT molecular complexity index is 1010. The molecule has 6 heteroatoms. The molecule has 61 heavy (non-hydrogen) atoms. The van der Waals surface area contributed by atoms with E-state index in [-0.39, 0.29) is 0 Å². The van der Waals surface area contributed by atoms with Crippen LogP contribution < -0.4 is 5.32 Å². The van der Waals surface area contributed by atoms with Crippen molar-refractivity contribution in [2.75, 3.05) is 6.61 Å². The molecule has 0 spiro atoms. The molecule has 0 rings (SSSR count). The molecule has 0 aliphatic rings. The summed E-state index contributed by atoms with van der Waals surface area (Å²) in [6.07, 6.45) is 61.6. The SMILES string of the molecule is CCCCCCCCCCC/C=C\C/C=C\CCCCCCCCC(O)C(=O)NC(CO)C(O)C(O)CCC/C=C/CC/C=C/CCCCCCCCCCCCCCCC. The van der Waals surface area contributed by atoms with Crippen LogP contribution in [-0.4, -0.2) is 57.3 Å². The van der Waals surface area contributed by atoms with Crippen LogP contribution in [0.25, 0.3) is 0 Å². The molecule has 1 amide bonds. The summed E-state index contributed by atoms with van der Waals surface area (Å²) in [6, 6.07) is -1.02. The quantitative estimate of drug-likeness (QED) is 0.0309. The Balaban J connectivity index is 3.76. The molecule has 0 aromatic heterocycles. The van der Waals surface area contributed by atoms with Gasteiger partial charge in [-0.2, -0.15) is 0 Å². The molecule has 0 saturated carbocycles. The number of amides is 1. The maximum absolute atomic E-state index is 12.6. The molecule has 0 aromatic carbocycles. The maximum atomic E-state index is 12.6. The van der Waals surface area contributed by atoms with Gasteiger partial charge in [0, 0.05) is 0 Å². The summed E-state index contributed by atoms with van der Waals surface area (Å²) in [5.74, 6) is -0.605. The average Bonchev–Trinajstić information content (AvgIpc) is 3.26. The summed E-state index contributed by atoms with van der Waals surface area (Å²) in [4.78, 5) is 12.6. The van der Waals surface area contributed by atoms with Crippen LogP contribution in [0.5, 0.6) is 0 Å². The predicted octanol–water partition coefficient (Wildman–Crippen LogP) is 15.0. The molecule has 5 N–H and O–H groups in total. The van der Waals surface area contributed by atoms with Gasteiger partial charge >= 0.3 is 0 Å². The van der Waals surface area contributed by atoms with Gasteiger partial charge in [-0.1, -0.05) is 229 Å².